The molecule has 0 fully saturated rings. The summed E-state index contributed by atoms with van der Waals surface area (Å²) in [7, 11) is 0. The van der Waals surface area contributed by atoms with E-state index >= 15 is 0 Å². The standard InChI is InChI=1S/C16H13NO6/c17-12(19)6-11(18)14(20)8-4-5-10-13-7(8)2-1-3-9(13)15(21)23-16(10)22/h1-5,11,14,18,20H,6H2,(H2,17,19). The molecule has 1 heterocycles. The van der Waals surface area contributed by atoms with Crippen molar-refractivity contribution in [1.29, 1.82) is 0 Å². The first-order valence-electron chi connectivity index (χ1n) is 6.86. The lowest BCUT2D eigenvalue weighted by Crippen LogP contribution is -2.26. The fourth-order valence-corrected chi connectivity index (χ4v) is 2.75. The van der Waals surface area contributed by atoms with Crippen LogP contribution >= 0.6 is 0 Å². The van der Waals surface area contributed by atoms with Crippen molar-refractivity contribution in [1.82, 2.24) is 0 Å². The Labute approximate surface area is 130 Å². The number of carbonyl (C=O) groups excluding carboxylic acids is 3. The molecule has 2 aromatic carbocycles. The summed E-state index contributed by atoms with van der Waals surface area (Å²) in [5.41, 5.74) is 5.72. The Morgan fingerprint density at radius 1 is 1.09 bits per heavy atom. The topological polar surface area (TPSA) is 127 Å². The Morgan fingerprint density at radius 3 is 2.39 bits per heavy atom. The second kappa shape index (κ2) is 5.45. The average molecular weight is 315 g/mol. The van der Waals surface area contributed by atoms with E-state index in [1.54, 1.807) is 12.1 Å². The molecule has 2 atom stereocenters. The number of rotatable bonds is 4. The number of hydrogen-bond acceptors (Lipinski definition) is 6. The third kappa shape index (κ3) is 2.45. The van der Waals surface area contributed by atoms with Crippen LogP contribution in [0.1, 0.15) is 38.8 Å². The number of carbonyl (C=O) groups is 3. The molecule has 0 aliphatic carbocycles. The van der Waals surface area contributed by atoms with Crippen molar-refractivity contribution >= 4 is 28.6 Å². The number of amides is 1. The monoisotopic (exact) mass is 315 g/mol. The van der Waals surface area contributed by atoms with Gasteiger partial charge in [0.2, 0.25) is 5.91 Å². The van der Waals surface area contributed by atoms with Gasteiger partial charge in [0.15, 0.2) is 0 Å². The quantitative estimate of drug-likeness (QED) is 0.554. The minimum atomic E-state index is -1.39. The van der Waals surface area contributed by atoms with Crippen molar-refractivity contribution in [3.8, 4) is 0 Å². The molecule has 0 aromatic heterocycles. The van der Waals surface area contributed by atoms with E-state index in [1.807, 2.05) is 0 Å². The lowest BCUT2D eigenvalue weighted by molar-refractivity contribution is -0.121. The smallest absolute Gasteiger partial charge is 0.346 e. The molecule has 1 amide bonds. The zero-order valence-electron chi connectivity index (χ0n) is 11.9. The van der Waals surface area contributed by atoms with E-state index in [2.05, 4.69) is 4.74 Å². The maximum atomic E-state index is 11.8. The number of ether oxygens (including phenoxy) is 1. The van der Waals surface area contributed by atoms with Gasteiger partial charge < -0.3 is 20.7 Å². The molecule has 23 heavy (non-hydrogen) atoms. The molecular formula is C16H13NO6. The third-order valence-electron chi connectivity index (χ3n) is 3.79. The average Bonchev–Trinajstić information content (AvgIpc) is 2.50. The van der Waals surface area contributed by atoms with E-state index in [4.69, 9.17) is 5.73 Å². The highest BCUT2D eigenvalue weighted by molar-refractivity contribution is 6.21. The molecule has 0 spiro atoms. The Hall–Kier alpha value is -2.77. The van der Waals surface area contributed by atoms with Gasteiger partial charge in [-0.15, -0.1) is 0 Å². The predicted octanol–water partition coefficient (Wildman–Crippen LogP) is 0.420. The van der Waals surface area contributed by atoms with Gasteiger partial charge in [-0.25, -0.2) is 9.59 Å². The minimum absolute atomic E-state index is 0.204. The van der Waals surface area contributed by atoms with Crippen molar-refractivity contribution in [2.24, 2.45) is 5.73 Å². The van der Waals surface area contributed by atoms with Crippen LogP contribution in [-0.2, 0) is 9.53 Å². The zero-order valence-corrected chi connectivity index (χ0v) is 11.9. The summed E-state index contributed by atoms with van der Waals surface area (Å²) in [5, 5.41) is 21.0. The van der Waals surface area contributed by atoms with E-state index in [0.29, 0.717) is 16.3 Å². The van der Waals surface area contributed by atoms with E-state index in [-0.39, 0.29) is 11.1 Å². The number of cyclic esters (lactones) is 2. The van der Waals surface area contributed by atoms with Crippen molar-refractivity contribution in [3.05, 3.63) is 47.0 Å². The van der Waals surface area contributed by atoms with Crippen LogP contribution in [0.25, 0.3) is 10.8 Å². The van der Waals surface area contributed by atoms with Gasteiger partial charge in [0.25, 0.3) is 0 Å². The van der Waals surface area contributed by atoms with Crippen molar-refractivity contribution < 1.29 is 29.3 Å². The maximum Gasteiger partial charge on any atom is 0.346 e. The summed E-state index contributed by atoms with van der Waals surface area (Å²) in [4.78, 5) is 34.6. The highest BCUT2D eigenvalue weighted by Crippen LogP contribution is 2.34. The maximum absolute atomic E-state index is 11.8. The number of benzene rings is 2. The van der Waals surface area contributed by atoms with E-state index in [0.717, 1.165) is 0 Å². The van der Waals surface area contributed by atoms with Crippen molar-refractivity contribution in [2.75, 3.05) is 0 Å². The molecular weight excluding hydrogens is 302 g/mol. The van der Waals surface area contributed by atoms with Gasteiger partial charge in [0, 0.05) is 5.39 Å². The Balaban J connectivity index is 2.19. The zero-order chi connectivity index (χ0) is 16.7. The molecule has 0 radical (unpaired) electrons. The highest BCUT2D eigenvalue weighted by Gasteiger charge is 2.30. The number of aliphatic hydroxyl groups excluding tert-OH is 2. The SMILES string of the molecule is NC(=O)CC(O)C(O)c1ccc2c3c(cccc13)C(=O)OC2=O. The van der Waals surface area contributed by atoms with Gasteiger partial charge in [0.05, 0.1) is 23.7 Å². The summed E-state index contributed by atoms with van der Waals surface area (Å²) in [5.74, 6) is -2.28. The fraction of sp³-hybridized carbons (Fsp3) is 0.188. The van der Waals surface area contributed by atoms with Gasteiger partial charge >= 0.3 is 11.9 Å². The molecule has 1 aliphatic heterocycles. The van der Waals surface area contributed by atoms with Crippen LogP contribution in [0.3, 0.4) is 0 Å². The van der Waals surface area contributed by atoms with Crippen LogP contribution < -0.4 is 5.73 Å². The first-order chi connectivity index (χ1) is 10.9. The van der Waals surface area contributed by atoms with Crippen LogP contribution in [0.2, 0.25) is 0 Å². The Kier molecular flexibility index (Phi) is 3.59. The van der Waals surface area contributed by atoms with E-state index < -0.39 is 36.5 Å². The summed E-state index contributed by atoms with van der Waals surface area (Å²) in [6.45, 7) is 0. The van der Waals surface area contributed by atoms with Crippen LogP contribution in [0.5, 0.6) is 0 Å². The van der Waals surface area contributed by atoms with Crippen LogP contribution in [-0.4, -0.2) is 34.2 Å². The lowest BCUT2D eigenvalue weighted by Gasteiger charge is -2.22. The van der Waals surface area contributed by atoms with Crippen molar-refractivity contribution in [2.45, 2.75) is 18.6 Å². The van der Waals surface area contributed by atoms with Crippen LogP contribution in [0.15, 0.2) is 30.3 Å². The summed E-state index contributed by atoms with van der Waals surface area (Å²) in [6.07, 6.45) is -3.19. The van der Waals surface area contributed by atoms with Crippen molar-refractivity contribution in [3.63, 3.8) is 0 Å². The molecule has 118 valence electrons. The molecule has 1 aliphatic rings. The minimum Gasteiger partial charge on any atom is -0.390 e. The Morgan fingerprint density at radius 2 is 1.74 bits per heavy atom. The molecule has 7 nitrogen and oxygen atoms in total. The molecule has 4 N–H and O–H groups in total. The predicted molar refractivity (Wildman–Crippen MR) is 78.5 cm³/mol. The highest BCUT2D eigenvalue weighted by atomic mass is 16.6. The van der Waals surface area contributed by atoms with E-state index in [1.165, 1.54) is 18.2 Å². The lowest BCUT2D eigenvalue weighted by atomic mass is 9.90. The summed E-state index contributed by atoms with van der Waals surface area (Å²) >= 11 is 0. The van der Waals surface area contributed by atoms with Gasteiger partial charge in [0.1, 0.15) is 6.10 Å². The summed E-state index contributed by atoms with van der Waals surface area (Å²) < 4.78 is 4.65. The molecule has 0 bridgehead atoms. The molecule has 0 saturated heterocycles. The molecule has 2 aromatic rings. The van der Waals surface area contributed by atoms with Gasteiger partial charge in [-0.3, -0.25) is 4.79 Å². The number of aliphatic hydroxyl groups is 2. The normalized spacial score (nSPS) is 16.1. The number of nitrogens with two attached hydrogens (primary N) is 1. The molecule has 2 unspecified atom stereocenters. The third-order valence-corrected chi connectivity index (χ3v) is 3.79. The van der Waals surface area contributed by atoms with Crippen LogP contribution in [0.4, 0.5) is 0 Å². The van der Waals surface area contributed by atoms with Gasteiger partial charge in [-0.1, -0.05) is 18.2 Å². The molecule has 0 saturated carbocycles. The van der Waals surface area contributed by atoms with E-state index in [9.17, 15) is 24.6 Å². The van der Waals surface area contributed by atoms with Gasteiger partial charge in [-0.05, 0) is 23.1 Å². The second-order valence-electron chi connectivity index (χ2n) is 5.29. The molecule has 3 rings (SSSR count). The first kappa shape index (κ1) is 15.1. The second-order valence-corrected chi connectivity index (χ2v) is 5.29. The van der Waals surface area contributed by atoms with Gasteiger partial charge in [-0.2, -0.15) is 0 Å². The van der Waals surface area contributed by atoms with Crippen LogP contribution in [0, 0.1) is 0 Å². The first-order valence-corrected chi connectivity index (χ1v) is 6.86. The summed E-state index contributed by atoms with van der Waals surface area (Å²) in [6, 6.07) is 7.57. The number of primary amides is 1. The fourth-order valence-electron chi connectivity index (χ4n) is 2.75. The number of hydrogen-bond donors (Lipinski definition) is 3. The largest absolute Gasteiger partial charge is 0.390 e. The molecule has 7 heteroatoms. The Bertz CT molecular complexity index is 824. The number of esters is 2.